The third kappa shape index (κ3) is 2.73. The van der Waals surface area contributed by atoms with Gasteiger partial charge in [0.15, 0.2) is 0 Å². The van der Waals surface area contributed by atoms with Crippen molar-refractivity contribution in [1.82, 2.24) is 0 Å². The molecule has 0 saturated heterocycles. The zero-order chi connectivity index (χ0) is 17.7. The predicted molar refractivity (Wildman–Crippen MR) is 99.2 cm³/mol. The third-order valence-corrected chi connectivity index (χ3v) is 6.81. The lowest BCUT2D eigenvalue weighted by Gasteiger charge is -2.27. The summed E-state index contributed by atoms with van der Waals surface area (Å²) in [7, 11) is -3.58. The van der Waals surface area contributed by atoms with Crippen molar-refractivity contribution in [2.75, 3.05) is 4.31 Å². The van der Waals surface area contributed by atoms with Crippen LogP contribution in [0.1, 0.15) is 44.4 Å². The molecule has 24 heavy (non-hydrogen) atoms. The Hall–Kier alpha value is -1.81. The molecule has 0 N–H and O–H groups in total. The number of hydrogen-bond donors (Lipinski definition) is 0. The summed E-state index contributed by atoms with van der Waals surface area (Å²) < 4.78 is 28.5. The van der Waals surface area contributed by atoms with E-state index < -0.39 is 10.0 Å². The molecule has 1 atom stereocenters. The lowest BCUT2D eigenvalue weighted by Crippen LogP contribution is -2.36. The molecular formula is C20H25NO2S. The molecule has 1 aliphatic rings. The summed E-state index contributed by atoms with van der Waals surface area (Å²) in [5, 5.41) is 0. The van der Waals surface area contributed by atoms with E-state index >= 15 is 0 Å². The molecule has 2 aromatic rings. The Kier molecular flexibility index (Phi) is 3.99. The average Bonchev–Trinajstić information content (AvgIpc) is 2.82. The van der Waals surface area contributed by atoms with Crippen molar-refractivity contribution in [1.29, 1.82) is 0 Å². The van der Waals surface area contributed by atoms with Crippen LogP contribution in [0.25, 0.3) is 0 Å². The van der Waals surface area contributed by atoms with E-state index in [1.807, 2.05) is 56.3 Å². The van der Waals surface area contributed by atoms with Gasteiger partial charge < -0.3 is 0 Å². The second kappa shape index (κ2) is 5.62. The summed E-state index contributed by atoms with van der Waals surface area (Å²) in [6.07, 6.45) is 0.757. The SMILES string of the molecule is Cc1ccc(C(C)(C)C)cc1S(=O)(=O)N1c2ccccc2C[C@@H]1C. The van der Waals surface area contributed by atoms with E-state index in [0.717, 1.165) is 28.8 Å². The highest BCUT2D eigenvalue weighted by atomic mass is 32.2. The smallest absolute Gasteiger partial charge is 0.263 e. The molecule has 0 radical (unpaired) electrons. The van der Waals surface area contributed by atoms with Gasteiger partial charge in [-0.3, -0.25) is 4.31 Å². The maximum atomic E-state index is 13.4. The van der Waals surface area contributed by atoms with Crippen molar-refractivity contribution >= 4 is 15.7 Å². The van der Waals surface area contributed by atoms with Crippen molar-refractivity contribution < 1.29 is 8.42 Å². The normalized spacial score (nSPS) is 17.9. The number of para-hydroxylation sites is 1. The minimum Gasteiger partial charge on any atom is -0.263 e. The Morgan fingerprint density at radius 1 is 1.08 bits per heavy atom. The molecule has 0 saturated carbocycles. The number of sulfonamides is 1. The molecule has 1 aliphatic heterocycles. The topological polar surface area (TPSA) is 37.4 Å². The molecule has 0 fully saturated rings. The van der Waals surface area contributed by atoms with Crippen LogP contribution in [0.2, 0.25) is 0 Å². The first-order chi connectivity index (χ1) is 11.1. The van der Waals surface area contributed by atoms with Gasteiger partial charge in [-0.25, -0.2) is 8.42 Å². The van der Waals surface area contributed by atoms with Crippen LogP contribution in [0, 0.1) is 6.92 Å². The largest absolute Gasteiger partial charge is 0.264 e. The highest BCUT2D eigenvalue weighted by Gasteiger charge is 2.36. The van der Waals surface area contributed by atoms with E-state index in [0.29, 0.717) is 4.90 Å². The fourth-order valence-electron chi connectivity index (χ4n) is 3.35. The summed E-state index contributed by atoms with van der Waals surface area (Å²) in [5.41, 5.74) is 3.64. The van der Waals surface area contributed by atoms with E-state index in [1.165, 1.54) is 0 Å². The minimum atomic E-state index is -3.58. The van der Waals surface area contributed by atoms with Crippen LogP contribution in [0.4, 0.5) is 5.69 Å². The molecule has 0 aromatic heterocycles. The van der Waals surface area contributed by atoms with Gasteiger partial charge in [-0.15, -0.1) is 0 Å². The molecule has 0 unspecified atom stereocenters. The second-order valence-corrected chi connectivity index (χ2v) is 9.50. The number of fused-ring (bicyclic) bond motifs is 1. The molecule has 0 aliphatic carbocycles. The molecule has 3 rings (SSSR count). The van der Waals surface area contributed by atoms with E-state index in [-0.39, 0.29) is 11.5 Å². The Morgan fingerprint density at radius 3 is 2.42 bits per heavy atom. The lowest BCUT2D eigenvalue weighted by atomic mass is 9.87. The number of hydrogen-bond acceptors (Lipinski definition) is 2. The maximum Gasteiger partial charge on any atom is 0.264 e. The fourth-order valence-corrected chi connectivity index (χ4v) is 5.30. The first-order valence-corrected chi connectivity index (χ1v) is 9.80. The summed E-state index contributed by atoms with van der Waals surface area (Å²) in [6.45, 7) is 10.1. The van der Waals surface area contributed by atoms with Gasteiger partial charge in [0.2, 0.25) is 0 Å². The van der Waals surface area contributed by atoms with Crippen LogP contribution in [-0.2, 0) is 21.9 Å². The second-order valence-electron chi connectivity index (χ2n) is 7.71. The van der Waals surface area contributed by atoms with E-state index in [9.17, 15) is 8.42 Å². The zero-order valence-electron chi connectivity index (χ0n) is 15.0. The molecule has 0 spiro atoms. The first kappa shape index (κ1) is 17.0. The number of aryl methyl sites for hydroxylation is 1. The lowest BCUT2D eigenvalue weighted by molar-refractivity contribution is 0.577. The van der Waals surface area contributed by atoms with Gasteiger partial charge in [-0.1, -0.05) is 51.1 Å². The van der Waals surface area contributed by atoms with Crippen molar-refractivity contribution in [2.24, 2.45) is 0 Å². The minimum absolute atomic E-state index is 0.0647. The molecule has 128 valence electrons. The quantitative estimate of drug-likeness (QED) is 0.809. The zero-order valence-corrected chi connectivity index (χ0v) is 15.8. The monoisotopic (exact) mass is 343 g/mol. The first-order valence-electron chi connectivity index (χ1n) is 8.36. The Labute approximate surface area is 145 Å². The third-order valence-electron chi connectivity index (χ3n) is 4.74. The van der Waals surface area contributed by atoms with Gasteiger partial charge in [-0.05, 0) is 54.5 Å². The van der Waals surface area contributed by atoms with Gasteiger partial charge in [0.25, 0.3) is 10.0 Å². The van der Waals surface area contributed by atoms with Crippen LogP contribution in [0.5, 0.6) is 0 Å². The van der Waals surface area contributed by atoms with Gasteiger partial charge in [0.05, 0.1) is 10.6 Å². The average molecular weight is 343 g/mol. The summed E-state index contributed by atoms with van der Waals surface area (Å²) >= 11 is 0. The highest BCUT2D eigenvalue weighted by molar-refractivity contribution is 7.93. The number of anilines is 1. The summed E-state index contributed by atoms with van der Waals surface area (Å²) in [5.74, 6) is 0. The molecule has 3 nitrogen and oxygen atoms in total. The summed E-state index contributed by atoms with van der Waals surface area (Å²) in [4.78, 5) is 0.415. The van der Waals surface area contributed by atoms with Crippen molar-refractivity contribution in [3.63, 3.8) is 0 Å². The molecule has 4 heteroatoms. The maximum absolute atomic E-state index is 13.4. The van der Waals surface area contributed by atoms with Crippen molar-refractivity contribution in [3.8, 4) is 0 Å². The molecule has 0 amide bonds. The van der Waals surface area contributed by atoms with Gasteiger partial charge in [0, 0.05) is 6.04 Å². The van der Waals surface area contributed by atoms with E-state index in [2.05, 4.69) is 20.8 Å². The van der Waals surface area contributed by atoms with Crippen LogP contribution in [-0.4, -0.2) is 14.5 Å². The van der Waals surface area contributed by atoms with Crippen LogP contribution in [0.15, 0.2) is 47.4 Å². The fraction of sp³-hybridized carbons (Fsp3) is 0.400. The molecule has 2 aromatic carbocycles. The summed E-state index contributed by atoms with van der Waals surface area (Å²) in [6, 6.07) is 13.5. The van der Waals surface area contributed by atoms with Crippen LogP contribution < -0.4 is 4.31 Å². The van der Waals surface area contributed by atoms with Gasteiger partial charge in [-0.2, -0.15) is 0 Å². The van der Waals surface area contributed by atoms with Crippen molar-refractivity contribution in [2.45, 2.75) is 57.4 Å². The standard InChI is InChI=1S/C20H25NO2S/c1-14-10-11-17(20(3,4)5)13-19(14)24(22,23)21-15(2)12-16-8-6-7-9-18(16)21/h6-11,13,15H,12H2,1-5H3/t15-/m0/s1. The number of benzene rings is 2. The molecular weight excluding hydrogens is 318 g/mol. The highest BCUT2D eigenvalue weighted by Crippen LogP contribution is 2.38. The van der Waals surface area contributed by atoms with Crippen molar-refractivity contribution in [3.05, 3.63) is 59.2 Å². The number of nitrogens with zero attached hydrogens (tertiary/aromatic N) is 1. The molecule has 1 heterocycles. The predicted octanol–water partition coefficient (Wildman–Crippen LogP) is 4.43. The van der Waals surface area contributed by atoms with Crippen LogP contribution >= 0.6 is 0 Å². The Bertz CT molecular complexity index is 879. The van der Waals surface area contributed by atoms with Gasteiger partial charge >= 0.3 is 0 Å². The van der Waals surface area contributed by atoms with Gasteiger partial charge in [0.1, 0.15) is 0 Å². The van der Waals surface area contributed by atoms with E-state index in [4.69, 9.17) is 0 Å². The number of rotatable bonds is 2. The van der Waals surface area contributed by atoms with Crippen LogP contribution in [0.3, 0.4) is 0 Å². The Morgan fingerprint density at radius 2 is 1.75 bits per heavy atom. The Balaban J connectivity index is 2.16. The molecule has 0 bridgehead atoms. The van der Waals surface area contributed by atoms with E-state index in [1.54, 1.807) is 4.31 Å².